The quantitative estimate of drug-likeness (QED) is 0.858. The molecule has 6 heteroatoms. The number of rotatable bonds is 6. The standard InChI is InChI=1S/C15H19NO4S/c1-11-3-4-15(12(2)9-11)21(18,19)16-7-5-14(17)13-6-8-20-10-13/h3-4,6,8-10,14,16-17H,5,7H2,1-2H3. The predicted octanol–water partition coefficient (Wildman–Crippen LogP) is 2.30. The van der Waals surface area contributed by atoms with E-state index in [-0.39, 0.29) is 17.9 Å². The Morgan fingerprint density at radius 3 is 2.67 bits per heavy atom. The Balaban J connectivity index is 1.98. The third kappa shape index (κ3) is 3.93. The molecule has 0 radical (unpaired) electrons. The number of furan rings is 1. The molecule has 2 aromatic rings. The Morgan fingerprint density at radius 2 is 2.05 bits per heavy atom. The first-order valence-corrected chi connectivity index (χ1v) is 8.15. The summed E-state index contributed by atoms with van der Waals surface area (Å²) in [4.78, 5) is 0.269. The Hall–Kier alpha value is -1.63. The van der Waals surface area contributed by atoms with Crippen molar-refractivity contribution in [1.82, 2.24) is 4.72 Å². The number of aryl methyl sites for hydroxylation is 2. The minimum absolute atomic E-state index is 0.155. The summed E-state index contributed by atoms with van der Waals surface area (Å²) in [5.41, 5.74) is 2.36. The first-order chi connectivity index (χ1) is 9.90. The van der Waals surface area contributed by atoms with E-state index in [0.29, 0.717) is 11.1 Å². The molecule has 1 atom stereocenters. The fourth-order valence-electron chi connectivity index (χ4n) is 2.14. The molecule has 21 heavy (non-hydrogen) atoms. The number of aliphatic hydroxyl groups is 1. The number of aliphatic hydroxyl groups excluding tert-OH is 1. The SMILES string of the molecule is Cc1ccc(S(=O)(=O)NCCC(O)c2ccoc2)c(C)c1. The van der Waals surface area contributed by atoms with Gasteiger partial charge >= 0.3 is 0 Å². The molecule has 0 bridgehead atoms. The molecule has 1 unspecified atom stereocenters. The van der Waals surface area contributed by atoms with Crippen LogP contribution in [0.3, 0.4) is 0 Å². The van der Waals surface area contributed by atoms with Crippen molar-refractivity contribution >= 4 is 10.0 Å². The van der Waals surface area contributed by atoms with Gasteiger partial charge in [-0.2, -0.15) is 0 Å². The van der Waals surface area contributed by atoms with Gasteiger partial charge in [0.25, 0.3) is 0 Å². The Bertz CT molecular complexity index is 692. The summed E-state index contributed by atoms with van der Waals surface area (Å²) in [6, 6.07) is 6.85. The third-order valence-corrected chi connectivity index (χ3v) is 4.88. The molecule has 0 aliphatic heterocycles. The zero-order chi connectivity index (χ0) is 15.5. The number of benzene rings is 1. The largest absolute Gasteiger partial charge is 0.472 e. The smallest absolute Gasteiger partial charge is 0.240 e. The summed E-state index contributed by atoms with van der Waals surface area (Å²) < 4.78 is 31.8. The van der Waals surface area contributed by atoms with Crippen molar-refractivity contribution in [1.29, 1.82) is 0 Å². The van der Waals surface area contributed by atoms with Crippen LogP contribution >= 0.6 is 0 Å². The van der Waals surface area contributed by atoms with Gasteiger partial charge < -0.3 is 9.52 Å². The van der Waals surface area contributed by atoms with Crippen LogP contribution in [0.2, 0.25) is 0 Å². The summed E-state index contributed by atoms with van der Waals surface area (Å²) >= 11 is 0. The highest BCUT2D eigenvalue weighted by Crippen LogP contribution is 2.18. The molecule has 0 fully saturated rings. The Kier molecular flexibility index (Phi) is 4.82. The fourth-order valence-corrected chi connectivity index (χ4v) is 3.41. The molecule has 2 N–H and O–H groups in total. The molecule has 5 nitrogen and oxygen atoms in total. The molecule has 2 rings (SSSR count). The molecule has 1 heterocycles. The first-order valence-electron chi connectivity index (χ1n) is 6.67. The summed E-state index contributed by atoms with van der Waals surface area (Å²) in [7, 11) is -3.56. The molecule has 0 aliphatic rings. The lowest BCUT2D eigenvalue weighted by Gasteiger charge is -2.12. The lowest BCUT2D eigenvalue weighted by molar-refractivity contribution is 0.168. The second kappa shape index (κ2) is 6.43. The maximum Gasteiger partial charge on any atom is 0.240 e. The van der Waals surface area contributed by atoms with Crippen molar-refractivity contribution in [3.8, 4) is 0 Å². The summed E-state index contributed by atoms with van der Waals surface area (Å²) in [5.74, 6) is 0. The Labute approximate surface area is 124 Å². The van der Waals surface area contributed by atoms with E-state index >= 15 is 0 Å². The molecule has 0 saturated carbocycles. The average molecular weight is 309 g/mol. The van der Waals surface area contributed by atoms with E-state index in [1.165, 1.54) is 12.5 Å². The van der Waals surface area contributed by atoms with Gasteiger partial charge in [0.2, 0.25) is 10.0 Å². The third-order valence-electron chi connectivity index (χ3n) is 3.26. The fraction of sp³-hybridized carbons (Fsp3) is 0.333. The van der Waals surface area contributed by atoms with E-state index in [0.717, 1.165) is 5.56 Å². The van der Waals surface area contributed by atoms with Crippen molar-refractivity contribution in [3.63, 3.8) is 0 Å². The number of nitrogens with one attached hydrogen (secondary N) is 1. The van der Waals surface area contributed by atoms with Gasteiger partial charge in [-0.3, -0.25) is 0 Å². The zero-order valence-corrected chi connectivity index (χ0v) is 12.9. The maximum atomic E-state index is 12.2. The van der Waals surface area contributed by atoms with E-state index in [1.807, 2.05) is 13.0 Å². The van der Waals surface area contributed by atoms with Crippen molar-refractivity contribution in [2.45, 2.75) is 31.3 Å². The lowest BCUT2D eigenvalue weighted by atomic mass is 10.1. The van der Waals surface area contributed by atoms with Gasteiger partial charge in [-0.05, 0) is 38.0 Å². The number of sulfonamides is 1. The van der Waals surface area contributed by atoms with E-state index in [2.05, 4.69) is 4.72 Å². The minimum atomic E-state index is -3.56. The van der Waals surface area contributed by atoms with Crippen molar-refractivity contribution in [2.24, 2.45) is 0 Å². The minimum Gasteiger partial charge on any atom is -0.472 e. The lowest BCUT2D eigenvalue weighted by Crippen LogP contribution is -2.26. The molecule has 0 amide bonds. The monoisotopic (exact) mass is 309 g/mol. The molecular weight excluding hydrogens is 290 g/mol. The summed E-state index contributed by atoms with van der Waals surface area (Å²) in [6.07, 6.45) is 2.45. The molecular formula is C15H19NO4S. The molecule has 0 spiro atoms. The van der Waals surface area contributed by atoms with E-state index in [4.69, 9.17) is 4.42 Å². The number of hydrogen-bond donors (Lipinski definition) is 2. The highest BCUT2D eigenvalue weighted by Gasteiger charge is 2.17. The van der Waals surface area contributed by atoms with E-state index < -0.39 is 16.1 Å². The molecule has 1 aromatic carbocycles. The molecule has 0 aliphatic carbocycles. The van der Waals surface area contributed by atoms with E-state index in [9.17, 15) is 13.5 Å². The summed E-state index contributed by atoms with van der Waals surface area (Å²) in [5, 5.41) is 9.87. The molecule has 1 aromatic heterocycles. The van der Waals surface area contributed by atoms with Crippen molar-refractivity contribution in [2.75, 3.05) is 6.54 Å². The van der Waals surface area contributed by atoms with Crippen LogP contribution in [0.4, 0.5) is 0 Å². The van der Waals surface area contributed by atoms with Gasteiger partial charge in [0, 0.05) is 12.1 Å². The van der Waals surface area contributed by atoms with Crippen LogP contribution in [-0.4, -0.2) is 20.1 Å². The normalized spacial score (nSPS) is 13.3. The number of hydrogen-bond acceptors (Lipinski definition) is 4. The average Bonchev–Trinajstić information content (AvgIpc) is 2.91. The first kappa shape index (κ1) is 15.8. The van der Waals surface area contributed by atoms with Crippen molar-refractivity contribution < 1.29 is 17.9 Å². The van der Waals surface area contributed by atoms with Crippen LogP contribution in [0.25, 0.3) is 0 Å². The predicted molar refractivity (Wildman–Crippen MR) is 79.4 cm³/mol. The topological polar surface area (TPSA) is 79.5 Å². The van der Waals surface area contributed by atoms with Crippen LogP contribution < -0.4 is 4.72 Å². The Morgan fingerprint density at radius 1 is 1.29 bits per heavy atom. The van der Waals surface area contributed by atoms with Crippen LogP contribution in [0.15, 0.2) is 46.1 Å². The van der Waals surface area contributed by atoms with Crippen LogP contribution in [0.1, 0.15) is 29.2 Å². The van der Waals surface area contributed by atoms with Gasteiger partial charge in [0.15, 0.2) is 0 Å². The second-order valence-electron chi connectivity index (χ2n) is 5.03. The zero-order valence-electron chi connectivity index (χ0n) is 12.0. The summed E-state index contributed by atoms with van der Waals surface area (Å²) in [6.45, 7) is 3.84. The van der Waals surface area contributed by atoms with Crippen molar-refractivity contribution in [3.05, 3.63) is 53.5 Å². The van der Waals surface area contributed by atoms with Gasteiger partial charge in [0.1, 0.15) is 0 Å². The van der Waals surface area contributed by atoms with Gasteiger partial charge in [-0.1, -0.05) is 17.7 Å². The van der Waals surface area contributed by atoms with E-state index in [1.54, 1.807) is 25.1 Å². The molecule has 114 valence electrons. The second-order valence-corrected chi connectivity index (χ2v) is 6.76. The highest BCUT2D eigenvalue weighted by atomic mass is 32.2. The highest BCUT2D eigenvalue weighted by molar-refractivity contribution is 7.89. The van der Waals surface area contributed by atoms with Gasteiger partial charge in [0.05, 0.1) is 23.5 Å². The van der Waals surface area contributed by atoms with Gasteiger partial charge in [-0.15, -0.1) is 0 Å². The van der Waals surface area contributed by atoms with Crippen LogP contribution in [0.5, 0.6) is 0 Å². The maximum absolute atomic E-state index is 12.2. The van der Waals surface area contributed by atoms with Gasteiger partial charge in [-0.25, -0.2) is 13.1 Å². The van der Waals surface area contributed by atoms with Crippen LogP contribution in [0, 0.1) is 13.8 Å². The molecule has 0 saturated heterocycles. The van der Waals surface area contributed by atoms with Crippen LogP contribution in [-0.2, 0) is 10.0 Å².